The number of alkyl carbamates (subject to hydrolysis) is 1. The number of carbonyl (C=O) groups excluding carboxylic acids is 1. The molecule has 1 aliphatic heterocycles. The van der Waals surface area contributed by atoms with Gasteiger partial charge in [-0.05, 0) is 12.1 Å². The van der Waals surface area contributed by atoms with E-state index in [1.165, 1.54) is 16.8 Å². The first-order valence-corrected chi connectivity index (χ1v) is 8.33. The normalized spacial score (nSPS) is 18.8. The highest BCUT2D eigenvalue weighted by atomic mass is 35.7. The molecule has 1 unspecified atom stereocenters. The summed E-state index contributed by atoms with van der Waals surface area (Å²) in [6.07, 6.45) is 0.262. The van der Waals surface area contributed by atoms with Crippen molar-refractivity contribution in [3.05, 3.63) is 30.2 Å². The Morgan fingerprint density at radius 1 is 1.48 bits per heavy atom. The SMILES string of the molecule is O=C1NCC(Cn2cc(S(=O)(=O)Cl)c3c(F)cccc32)O1. The van der Waals surface area contributed by atoms with Gasteiger partial charge in [-0.15, -0.1) is 0 Å². The van der Waals surface area contributed by atoms with Crippen LogP contribution < -0.4 is 5.32 Å². The van der Waals surface area contributed by atoms with Crippen LogP contribution in [0.2, 0.25) is 0 Å². The molecule has 0 spiro atoms. The number of amides is 1. The van der Waals surface area contributed by atoms with Gasteiger partial charge in [-0.3, -0.25) is 0 Å². The maximum Gasteiger partial charge on any atom is 0.407 e. The quantitative estimate of drug-likeness (QED) is 0.870. The fourth-order valence-corrected chi connectivity index (χ4v) is 3.41. The summed E-state index contributed by atoms with van der Waals surface area (Å²) in [5.41, 5.74) is 0.372. The minimum atomic E-state index is -4.09. The molecule has 21 heavy (non-hydrogen) atoms. The largest absolute Gasteiger partial charge is 0.442 e. The third-order valence-corrected chi connectivity index (χ3v) is 4.56. The standard InChI is InChI=1S/C12H10ClFN2O4S/c13-21(18,19)10-6-16(5-7-4-15-12(17)20-7)9-3-1-2-8(14)11(9)10/h1-3,6-7H,4-5H2,(H,15,17). The second kappa shape index (κ2) is 4.88. The summed E-state index contributed by atoms with van der Waals surface area (Å²) in [6, 6.07) is 4.21. The monoisotopic (exact) mass is 332 g/mol. The van der Waals surface area contributed by atoms with Crippen LogP contribution >= 0.6 is 10.7 Å². The Balaban J connectivity index is 2.11. The van der Waals surface area contributed by atoms with Crippen LogP contribution in [-0.2, 0) is 20.3 Å². The predicted octanol–water partition coefficient (Wildman–Crippen LogP) is 1.82. The van der Waals surface area contributed by atoms with Crippen LogP contribution in [-0.4, -0.2) is 31.7 Å². The highest BCUT2D eigenvalue weighted by Gasteiger charge is 2.26. The lowest BCUT2D eigenvalue weighted by atomic mass is 10.2. The van der Waals surface area contributed by atoms with Gasteiger partial charge in [0.2, 0.25) is 0 Å². The van der Waals surface area contributed by atoms with Gasteiger partial charge in [0.25, 0.3) is 9.05 Å². The Morgan fingerprint density at radius 3 is 2.86 bits per heavy atom. The summed E-state index contributed by atoms with van der Waals surface area (Å²) >= 11 is 0. The summed E-state index contributed by atoms with van der Waals surface area (Å²) in [7, 11) is 1.27. The molecule has 2 heterocycles. The van der Waals surface area contributed by atoms with E-state index in [0.29, 0.717) is 12.1 Å². The van der Waals surface area contributed by atoms with Crippen molar-refractivity contribution in [2.75, 3.05) is 6.54 Å². The van der Waals surface area contributed by atoms with Crippen LogP contribution in [0.1, 0.15) is 0 Å². The minimum Gasteiger partial charge on any atom is -0.442 e. The molecule has 6 nitrogen and oxygen atoms in total. The smallest absolute Gasteiger partial charge is 0.407 e. The summed E-state index contributed by atoms with van der Waals surface area (Å²) in [5.74, 6) is -0.674. The van der Waals surface area contributed by atoms with E-state index in [2.05, 4.69) is 5.32 Å². The third kappa shape index (κ3) is 2.56. The fraction of sp³-hybridized carbons (Fsp3) is 0.250. The molecule has 1 amide bonds. The maximum absolute atomic E-state index is 13.9. The van der Waals surface area contributed by atoms with Gasteiger partial charge in [-0.2, -0.15) is 0 Å². The van der Waals surface area contributed by atoms with Crippen LogP contribution in [0, 0.1) is 5.82 Å². The van der Waals surface area contributed by atoms with Crippen molar-refractivity contribution in [2.45, 2.75) is 17.5 Å². The molecule has 1 atom stereocenters. The van der Waals surface area contributed by atoms with E-state index >= 15 is 0 Å². The average molecular weight is 333 g/mol. The van der Waals surface area contributed by atoms with Crippen molar-refractivity contribution in [3.63, 3.8) is 0 Å². The van der Waals surface area contributed by atoms with Gasteiger partial charge >= 0.3 is 6.09 Å². The van der Waals surface area contributed by atoms with Crippen molar-refractivity contribution in [3.8, 4) is 0 Å². The second-order valence-corrected chi connectivity index (χ2v) is 7.16. The Hall–Kier alpha value is -1.80. The first-order valence-electron chi connectivity index (χ1n) is 6.03. The zero-order valence-corrected chi connectivity index (χ0v) is 12.1. The Morgan fingerprint density at radius 2 is 2.24 bits per heavy atom. The molecule has 0 bridgehead atoms. The topological polar surface area (TPSA) is 77.4 Å². The van der Waals surface area contributed by atoms with Crippen LogP contribution in [0.15, 0.2) is 29.3 Å². The van der Waals surface area contributed by atoms with Crippen LogP contribution in [0.4, 0.5) is 9.18 Å². The van der Waals surface area contributed by atoms with Gasteiger partial charge in [0, 0.05) is 16.9 Å². The number of fused-ring (bicyclic) bond motifs is 1. The first-order chi connectivity index (χ1) is 9.86. The Bertz CT molecular complexity index is 833. The van der Waals surface area contributed by atoms with Crippen molar-refractivity contribution >= 4 is 36.7 Å². The van der Waals surface area contributed by atoms with Crippen molar-refractivity contribution in [2.24, 2.45) is 0 Å². The molecular weight excluding hydrogens is 323 g/mol. The molecule has 1 N–H and O–H groups in total. The summed E-state index contributed by atoms with van der Waals surface area (Å²) < 4.78 is 43.6. The van der Waals surface area contributed by atoms with E-state index in [1.54, 1.807) is 6.07 Å². The van der Waals surface area contributed by atoms with Crippen molar-refractivity contribution in [1.82, 2.24) is 9.88 Å². The number of carbonyl (C=O) groups is 1. The number of rotatable bonds is 3. The van der Waals surface area contributed by atoms with Gasteiger partial charge < -0.3 is 14.6 Å². The summed E-state index contributed by atoms with van der Waals surface area (Å²) in [5, 5.41) is 2.43. The number of ether oxygens (including phenoxy) is 1. The van der Waals surface area contributed by atoms with E-state index < -0.39 is 27.1 Å². The molecule has 9 heteroatoms. The number of benzene rings is 1. The third-order valence-electron chi connectivity index (χ3n) is 3.23. The molecule has 112 valence electrons. The highest BCUT2D eigenvalue weighted by molar-refractivity contribution is 8.14. The number of nitrogens with one attached hydrogen (secondary N) is 1. The zero-order valence-electron chi connectivity index (χ0n) is 10.5. The molecule has 1 fully saturated rings. The van der Waals surface area contributed by atoms with Crippen LogP contribution in [0.25, 0.3) is 10.9 Å². The fourth-order valence-electron chi connectivity index (χ4n) is 2.36. The number of nitrogens with zero attached hydrogens (tertiary/aromatic N) is 1. The predicted molar refractivity (Wildman–Crippen MR) is 73.2 cm³/mol. The molecule has 2 aromatic rings. The number of halogens is 2. The summed E-state index contributed by atoms with van der Waals surface area (Å²) in [4.78, 5) is 10.7. The van der Waals surface area contributed by atoms with Crippen molar-refractivity contribution < 1.29 is 22.3 Å². The van der Waals surface area contributed by atoms with Crippen LogP contribution in [0.5, 0.6) is 0 Å². The van der Waals surface area contributed by atoms with Crippen LogP contribution in [0.3, 0.4) is 0 Å². The number of hydrogen-bond acceptors (Lipinski definition) is 4. The minimum absolute atomic E-state index is 0.0650. The average Bonchev–Trinajstić information content (AvgIpc) is 2.95. The van der Waals surface area contributed by atoms with E-state index in [1.807, 2.05) is 0 Å². The molecular formula is C12H10ClFN2O4S. The van der Waals surface area contributed by atoms with E-state index in [4.69, 9.17) is 15.4 Å². The highest BCUT2D eigenvalue weighted by Crippen LogP contribution is 2.30. The van der Waals surface area contributed by atoms with E-state index in [9.17, 15) is 17.6 Å². The molecule has 0 radical (unpaired) electrons. The lowest BCUT2D eigenvalue weighted by Gasteiger charge is -2.10. The second-order valence-electron chi connectivity index (χ2n) is 4.63. The van der Waals surface area contributed by atoms with Gasteiger partial charge in [-0.25, -0.2) is 17.6 Å². The number of aromatic nitrogens is 1. The van der Waals surface area contributed by atoms with Gasteiger partial charge in [0.15, 0.2) is 0 Å². The Kier molecular flexibility index (Phi) is 3.29. The Labute approximate surface area is 123 Å². The van der Waals surface area contributed by atoms with E-state index in [0.717, 1.165) is 6.07 Å². The molecule has 1 saturated heterocycles. The molecule has 1 aromatic carbocycles. The number of hydrogen-bond donors (Lipinski definition) is 1. The lowest BCUT2D eigenvalue weighted by Crippen LogP contribution is -2.20. The molecule has 1 aliphatic rings. The zero-order chi connectivity index (χ0) is 15.2. The van der Waals surface area contributed by atoms with Gasteiger partial charge in [0.1, 0.15) is 16.8 Å². The molecule has 1 aromatic heterocycles. The summed E-state index contributed by atoms with van der Waals surface area (Å²) in [6.45, 7) is 0.502. The van der Waals surface area contributed by atoms with Gasteiger partial charge in [0.05, 0.1) is 24.0 Å². The number of cyclic esters (lactones) is 1. The molecule has 0 aliphatic carbocycles. The molecule has 3 rings (SSSR count). The first kappa shape index (κ1) is 14.2. The van der Waals surface area contributed by atoms with Gasteiger partial charge in [-0.1, -0.05) is 6.07 Å². The van der Waals surface area contributed by atoms with E-state index in [-0.39, 0.29) is 16.8 Å². The van der Waals surface area contributed by atoms with Crippen molar-refractivity contribution in [1.29, 1.82) is 0 Å². The maximum atomic E-state index is 13.9. The molecule has 0 saturated carbocycles. The lowest BCUT2D eigenvalue weighted by molar-refractivity contribution is 0.131.